The van der Waals surface area contributed by atoms with Gasteiger partial charge in [-0.2, -0.15) is 0 Å². The molecule has 0 spiro atoms. The number of ether oxygens (including phenoxy) is 1. The van der Waals surface area contributed by atoms with E-state index in [1.807, 2.05) is 0 Å². The van der Waals surface area contributed by atoms with Crippen molar-refractivity contribution < 1.29 is 9.53 Å². The Hall–Kier alpha value is -0.370. The van der Waals surface area contributed by atoms with Crippen molar-refractivity contribution in [3.05, 3.63) is 0 Å². The molecule has 3 atom stereocenters. The smallest absolute Gasteiger partial charge is 0.133 e. The number of hydrogen-bond donors (Lipinski definition) is 0. The zero-order valence-electron chi connectivity index (χ0n) is 7.09. The third-order valence-electron chi connectivity index (χ3n) is 3.10. The number of hydrogen-bond acceptors (Lipinski definition) is 2. The third kappa shape index (κ3) is 1.09. The molecule has 11 heavy (non-hydrogen) atoms. The molecule has 2 heteroatoms. The van der Waals surface area contributed by atoms with Crippen LogP contribution in [0.1, 0.15) is 33.1 Å². The van der Waals surface area contributed by atoms with Gasteiger partial charge < -0.3 is 4.74 Å². The fraction of sp³-hybridized carbons (Fsp3) is 0.889. The normalized spacial score (nSPS) is 48.2. The van der Waals surface area contributed by atoms with Crippen molar-refractivity contribution in [3.63, 3.8) is 0 Å². The van der Waals surface area contributed by atoms with Crippen LogP contribution < -0.4 is 0 Å². The summed E-state index contributed by atoms with van der Waals surface area (Å²) in [6.45, 7) is 3.84. The van der Waals surface area contributed by atoms with Crippen LogP contribution in [0.4, 0.5) is 0 Å². The van der Waals surface area contributed by atoms with Gasteiger partial charge >= 0.3 is 0 Å². The minimum absolute atomic E-state index is 0.159. The van der Waals surface area contributed by atoms with Crippen LogP contribution in [-0.2, 0) is 9.53 Å². The summed E-state index contributed by atoms with van der Waals surface area (Å²) in [6, 6.07) is 0. The summed E-state index contributed by atoms with van der Waals surface area (Å²) in [4.78, 5) is 11.0. The van der Waals surface area contributed by atoms with Crippen LogP contribution in [0, 0.1) is 5.92 Å². The molecule has 0 aromatic carbocycles. The maximum atomic E-state index is 11.0. The maximum absolute atomic E-state index is 11.0. The van der Waals surface area contributed by atoms with E-state index in [0.29, 0.717) is 11.9 Å². The first-order chi connectivity index (χ1) is 5.12. The van der Waals surface area contributed by atoms with Gasteiger partial charge in [0, 0.05) is 5.92 Å². The first-order valence-electron chi connectivity index (χ1n) is 4.30. The molecule has 1 heterocycles. The number of fused-ring (bicyclic) bond motifs is 1. The first kappa shape index (κ1) is 7.29. The molecular formula is C9H14O2. The van der Waals surface area contributed by atoms with Gasteiger partial charge in [0.2, 0.25) is 0 Å². The molecular weight excluding hydrogens is 140 g/mol. The second-order valence-electron chi connectivity index (χ2n) is 4.00. The monoisotopic (exact) mass is 154 g/mol. The van der Waals surface area contributed by atoms with Gasteiger partial charge in [0.25, 0.3) is 0 Å². The second kappa shape index (κ2) is 2.07. The lowest BCUT2D eigenvalue weighted by molar-refractivity contribution is -0.121. The van der Waals surface area contributed by atoms with E-state index in [1.165, 1.54) is 0 Å². The van der Waals surface area contributed by atoms with E-state index in [9.17, 15) is 4.79 Å². The molecule has 1 aliphatic heterocycles. The van der Waals surface area contributed by atoms with Crippen molar-refractivity contribution in [3.8, 4) is 0 Å². The highest BCUT2D eigenvalue weighted by Gasteiger charge is 2.55. The van der Waals surface area contributed by atoms with E-state index in [2.05, 4.69) is 6.92 Å². The SMILES string of the molecule is CC(=O)[C@@H]1CC[C@]2(C)O[C@@H]2C1. The Kier molecular flexibility index (Phi) is 1.37. The molecule has 1 saturated carbocycles. The molecule has 0 bridgehead atoms. The Morgan fingerprint density at radius 2 is 2.36 bits per heavy atom. The number of Topliss-reactive ketones (excluding diaryl/α,β-unsaturated/α-hetero) is 1. The van der Waals surface area contributed by atoms with Crippen molar-refractivity contribution in [2.24, 2.45) is 5.92 Å². The zero-order chi connectivity index (χ0) is 8.06. The Bertz CT molecular complexity index is 200. The zero-order valence-corrected chi connectivity index (χ0v) is 7.09. The van der Waals surface area contributed by atoms with E-state index in [-0.39, 0.29) is 11.5 Å². The molecule has 2 fully saturated rings. The molecule has 1 saturated heterocycles. The van der Waals surface area contributed by atoms with Crippen LogP contribution in [-0.4, -0.2) is 17.5 Å². The van der Waals surface area contributed by atoms with Crippen molar-refractivity contribution in [1.29, 1.82) is 0 Å². The largest absolute Gasteiger partial charge is 0.366 e. The van der Waals surface area contributed by atoms with E-state index >= 15 is 0 Å². The molecule has 2 aliphatic rings. The number of epoxide rings is 1. The van der Waals surface area contributed by atoms with E-state index in [1.54, 1.807) is 6.92 Å². The minimum Gasteiger partial charge on any atom is -0.366 e. The first-order valence-corrected chi connectivity index (χ1v) is 4.30. The number of rotatable bonds is 1. The standard InChI is InChI=1S/C9H14O2/c1-6(10)7-3-4-9(2)8(5-7)11-9/h7-8H,3-5H2,1-2H3/t7-,8-,9+/m1/s1. The van der Waals surface area contributed by atoms with E-state index in [0.717, 1.165) is 19.3 Å². The third-order valence-corrected chi connectivity index (χ3v) is 3.10. The molecule has 62 valence electrons. The molecule has 0 N–H and O–H groups in total. The molecule has 0 aromatic heterocycles. The van der Waals surface area contributed by atoms with Gasteiger partial charge in [0.1, 0.15) is 5.78 Å². The van der Waals surface area contributed by atoms with Crippen molar-refractivity contribution in [2.45, 2.75) is 44.8 Å². The minimum atomic E-state index is 0.159. The average molecular weight is 154 g/mol. The summed E-state index contributed by atoms with van der Waals surface area (Å²) in [5.74, 6) is 0.623. The summed E-state index contributed by atoms with van der Waals surface area (Å²) in [5.41, 5.74) is 0.159. The quantitative estimate of drug-likeness (QED) is 0.536. The Morgan fingerprint density at radius 1 is 1.64 bits per heavy atom. The van der Waals surface area contributed by atoms with Crippen LogP contribution in [0.2, 0.25) is 0 Å². The lowest BCUT2D eigenvalue weighted by Gasteiger charge is -2.19. The fourth-order valence-electron chi connectivity index (χ4n) is 2.01. The summed E-state index contributed by atoms with van der Waals surface area (Å²) < 4.78 is 5.49. The van der Waals surface area contributed by atoms with Crippen molar-refractivity contribution in [2.75, 3.05) is 0 Å². The van der Waals surface area contributed by atoms with Gasteiger partial charge in [-0.25, -0.2) is 0 Å². The number of carbonyl (C=O) groups excluding carboxylic acids is 1. The van der Waals surface area contributed by atoms with Gasteiger partial charge in [-0.3, -0.25) is 4.79 Å². The molecule has 0 amide bonds. The molecule has 0 unspecified atom stereocenters. The Labute approximate surface area is 66.9 Å². The highest BCUT2D eigenvalue weighted by molar-refractivity contribution is 5.78. The Balaban J connectivity index is 1.98. The fourth-order valence-corrected chi connectivity index (χ4v) is 2.01. The molecule has 2 nitrogen and oxygen atoms in total. The van der Waals surface area contributed by atoms with Crippen LogP contribution in [0.15, 0.2) is 0 Å². The molecule has 2 rings (SSSR count). The summed E-state index contributed by atoms with van der Waals surface area (Å²) >= 11 is 0. The van der Waals surface area contributed by atoms with Crippen LogP contribution in [0.5, 0.6) is 0 Å². The topological polar surface area (TPSA) is 29.6 Å². The molecule has 0 aromatic rings. The van der Waals surface area contributed by atoms with E-state index < -0.39 is 0 Å². The lowest BCUT2D eigenvalue weighted by atomic mass is 9.81. The summed E-state index contributed by atoms with van der Waals surface area (Å²) in [7, 11) is 0. The van der Waals surface area contributed by atoms with Gasteiger partial charge in [-0.15, -0.1) is 0 Å². The predicted octanol–water partition coefficient (Wildman–Crippen LogP) is 1.53. The van der Waals surface area contributed by atoms with Crippen LogP contribution in [0.25, 0.3) is 0 Å². The number of ketones is 1. The molecule has 1 aliphatic carbocycles. The number of carbonyl (C=O) groups is 1. The van der Waals surface area contributed by atoms with Gasteiger partial charge in [0.15, 0.2) is 0 Å². The van der Waals surface area contributed by atoms with Gasteiger partial charge in [0.05, 0.1) is 11.7 Å². The van der Waals surface area contributed by atoms with Gasteiger partial charge in [-0.1, -0.05) is 0 Å². The average Bonchev–Trinajstić information content (AvgIpc) is 2.58. The Morgan fingerprint density at radius 3 is 2.91 bits per heavy atom. The van der Waals surface area contributed by atoms with Gasteiger partial charge in [-0.05, 0) is 33.1 Å². The predicted molar refractivity (Wildman–Crippen MR) is 41.3 cm³/mol. The van der Waals surface area contributed by atoms with Crippen molar-refractivity contribution >= 4 is 5.78 Å². The maximum Gasteiger partial charge on any atom is 0.133 e. The molecule has 0 radical (unpaired) electrons. The van der Waals surface area contributed by atoms with E-state index in [4.69, 9.17) is 4.74 Å². The van der Waals surface area contributed by atoms with Crippen molar-refractivity contribution in [1.82, 2.24) is 0 Å². The van der Waals surface area contributed by atoms with Crippen LogP contribution >= 0.6 is 0 Å². The lowest BCUT2D eigenvalue weighted by Crippen LogP contribution is -2.25. The summed E-state index contributed by atoms with van der Waals surface area (Å²) in [5, 5.41) is 0. The second-order valence-corrected chi connectivity index (χ2v) is 4.00. The summed E-state index contributed by atoms with van der Waals surface area (Å²) in [6.07, 6.45) is 3.46. The highest BCUT2D eigenvalue weighted by Crippen LogP contribution is 2.49. The highest BCUT2D eigenvalue weighted by atomic mass is 16.6. The van der Waals surface area contributed by atoms with Crippen LogP contribution in [0.3, 0.4) is 0 Å².